The first-order valence-electron chi connectivity index (χ1n) is 8.52. The first kappa shape index (κ1) is 13.7. The maximum absolute atomic E-state index is 5.75. The maximum atomic E-state index is 5.75. The van der Waals surface area contributed by atoms with Gasteiger partial charge in [-0.05, 0) is 51.0 Å². The van der Waals surface area contributed by atoms with Gasteiger partial charge in [-0.2, -0.15) is 4.98 Å². The average Bonchev–Trinajstić information content (AvgIpc) is 3.44. The molecule has 0 N–H and O–H groups in total. The minimum absolute atomic E-state index is 0.443. The number of aromatic nitrogens is 2. The van der Waals surface area contributed by atoms with Crippen LogP contribution in [0.3, 0.4) is 0 Å². The van der Waals surface area contributed by atoms with E-state index in [1.54, 1.807) is 0 Å². The van der Waals surface area contributed by atoms with Crippen LogP contribution in [0.5, 0.6) is 0 Å². The maximum Gasteiger partial charge on any atom is 0.229 e. The fourth-order valence-electron chi connectivity index (χ4n) is 3.11. The Labute approximate surface area is 126 Å². The second kappa shape index (κ2) is 6.05. The van der Waals surface area contributed by atoms with Crippen molar-refractivity contribution >= 4 is 0 Å². The molecule has 5 heteroatoms. The third-order valence-corrected chi connectivity index (χ3v) is 4.86. The zero-order valence-electron chi connectivity index (χ0n) is 12.7. The molecule has 0 amide bonds. The molecule has 0 bridgehead atoms. The van der Waals surface area contributed by atoms with E-state index in [2.05, 4.69) is 15.0 Å². The van der Waals surface area contributed by atoms with E-state index in [1.165, 1.54) is 45.1 Å². The third kappa shape index (κ3) is 3.64. The van der Waals surface area contributed by atoms with Gasteiger partial charge in [0.2, 0.25) is 5.89 Å². The highest BCUT2D eigenvalue weighted by Gasteiger charge is 2.32. The highest BCUT2D eigenvalue weighted by molar-refractivity contribution is 5.05. The normalized spacial score (nSPS) is 27.1. The number of hydrogen-bond acceptors (Lipinski definition) is 5. The fourth-order valence-corrected chi connectivity index (χ4v) is 3.11. The summed E-state index contributed by atoms with van der Waals surface area (Å²) in [5.74, 6) is 3.66. The summed E-state index contributed by atoms with van der Waals surface area (Å²) in [6.45, 7) is 5.10. The Hall–Kier alpha value is -0.940. The van der Waals surface area contributed by atoms with Crippen molar-refractivity contribution in [1.82, 2.24) is 15.0 Å². The molecule has 1 aromatic rings. The fraction of sp³-hybridized carbons (Fsp3) is 0.875. The van der Waals surface area contributed by atoms with Crippen molar-refractivity contribution < 1.29 is 9.26 Å². The van der Waals surface area contributed by atoms with Crippen LogP contribution in [0, 0.1) is 5.92 Å². The summed E-state index contributed by atoms with van der Waals surface area (Å²) in [6, 6.07) is 0. The van der Waals surface area contributed by atoms with Crippen LogP contribution in [0.25, 0.3) is 0 Å². The standard InChI is InChI=1S/C16H25N3O2/c1-2-14(15-17-16(21-18-15)13-5-6-13)10-19(7-1)8-9-20-11-12-3-4-12/h12-14H,1-11H2. The minimum atomic E-state index is 0.443. The summed E-state index contributed by atoms with van der Waals surface area (Å²) in [4.78, 5) is 7.12. The van der Waals surface area contributed by atoms with E-state index in [-0.39, 0.29) is 0 Å². The molecule has 4 rings (SSSR count). The molecule has 21 heavy (non-hydrogen) atoms. The second-order valence-electron chi connectivity index (χ2n) is 6.92. The van der Waals surface area contributed by atoms with Gasteiger partial charge < -0.3 is 14.2 Å². The number of nitrogens with zero attached hydrogens (tertiary/aromatic N) is 3. The van der Waals surface area contributed by atoms with Crippen LogP contribution in [-0.4, -0.2) is 47.9 Å². The van der Waals surface area contributed by atoms with Crippen molar-refractivity contribution in [1.29, 1.82) is 0 Å². The summed E-state index contributed by atoms with van der Waals surface area (Å²) in [5, 5.41) is 4.22. The van der Waals surface area contributed by atoms with Crippen molar-refractivity contribution in [3.8, 4) is 0 Å². The summed E-state index contributed by atoms with van der Waals surface area (Å²) >= 11 is 0. The van der Waals surface area contributed by atoms with Gasteiger partial charge in [-0.15, -0.1) is 0 Å². The lowest BCUT2D eigenvalue weighted by Gasteiger charge is -2.31. The van der Waals surface area contributed by atoms with E-state index >= 15 is 0 Å². The van der Waals surface area contributed by atoms with Gasteiger partial charge in [-0.3, -0.25) is 0 Å². The van der Waals surface area contributed by atoms with Crippen LogP contribution in [0.1, 0.15) is 62.1 Å². The summed E-state index contributed by atoms with van der Waals surface area (Å²) in [5.41, 5.74) is 0. The van der Waals surface area contributed by atoms with Crippen LogP contribution in [0.2, 0.25) is 0 Å². The van der Waals surface area contributed by atoms with Crippen LogP contribution < -0.4 is 0 Å². The summed E-state index contributed by atoms with van der Waals surface area (Å²) in [6.07, 6.45) is 7.58. The first-order chi connectivity index (χ1) is 10.4. The van der Waals surface area contributed by atoms with Gasteiger partial charge in [0.1, 0.15) is 0 Å². The molecule has 1 saturated heterocycles. The number of hydrogen-bond donors (Lipinski definition) is 0. The summed E-state index contributed by atoms with van der Waals surface area (Å²) in [7, 11) is 0. The smallest absolute Gasteiger partial charge is 0.229 e. The van der Waals surface area contributed by atoms with Gasteiger partial charge in [-0.25, -0.2) is 0 Å². The van der Waals surface area contributed by atoms with E-state index < -0.39 is 0 Å². The number of likely N-dealkylation sites (tertiary alicyclic amines) is 1. The van der Waals surface area contributed by atoms with Crippen molar-refractivity contribution in [3.05, 3.63) is 11.7 Å². The van der Waals surface area contributed by atoms with Crippen LogP contribution in [0.15, 0.2) is 4.52 Å². The molecule has 0 aromatic carbocycles. The Balaban J connectivity index is 1.25. The molecule has 1 unspecified atom stereocenters. The van der Waals surface area contributed by atoms with Crippen molar-refractivity contribution in [2.45, 2.75) is 50.4 Å². The molecule has 3 fully saturated rings. The number of rotatable bonds is 7. The van der Waals surface area contributed by atoms with E-state index in [9.17, 15) is 0 Å². The Morgan fingerprint density at radius 3 is 2.86 bits per heavy atom. The predicted molar refractivity (Wildman–Crippen MR) is 78.2 cm³/mol. The van der Waals surface area contributed by atoms with Crippen LogP contribution in [0.4, 0.5) is 0 Å². The lowest BCUT2D eigenvalue weighted by Crippen LogP contribution is -2.37. The molecule has 0 radical (unpaired) electrons. The zero-order valence-corrected chi connectivity index (χ0v) is 12.7. The Morgan fingerprint density at radius 2 is 2.05 bits per heavy atom. The van der Waals surface area contributed by atoms with Crippen LogP contribution in [-0.2, 0) is 4.74 Å². The molecular weight excluding hydrogens is 266 g/mol. The van der Waals surface area contributed by atoms with Crippen LogP contribution >= 0.6 is 0 Å². The van der Waals surface area contributed by atoms with Crippen molar-refractivity contribution in [2.75, 3.05) is 32.8 Å². The molecule has 1 aliphatic heterocycles. The van der Waals surface area contributed by atoms with Gasteiger partial charge >= 0.3 is 0 Å². The predicted octanol–water partition coefficient (Wildman–Crippen LogP) is 2.55. The van der Waals surface area contributed by atoms with E-state index in [4.69, 9.17) is 9.26 Å². The van der Waals surface area contributed by atoms with Gasteiger partial charge in [-0.1, -0.05) is 5.16 Å². The SMILES string of the molecule is C1CC(c2noc(C3CC3)n2)CN(CCOCC2CC2)C1. The molecule has 2 aliphatic carbocycles. The molecule has 1 atom stereocenters. The van der Waals surface area contributed by atoms with Crippen molar-refractivity contribution in [2.24, 2.45) is 5.92 Å². The molecule has 0 spiro atoms. The quantitative estimate of drug-likeness (QED) is 0.723. The molecular formula is C16H25N3O2. The molecule has 1 aromatic heterocycles. The van der Waals surface area contributed by atoms with E-state index in [0.29, 0.717) is 11.8 Å². The topological polar surface area (TPSA) is 51.4 Å². The lowest BCUT2D eigenvalue weighted by molar-refractivity contribution is 0.0856. The first-order valence-corrected chi connectivity index (χ1v) is 8.52. The number of ether oxygens (including phenoxy) is 1. The van der Waals surface area contributed by atoms with E-state index in [1.807, 2.05) is 0 Å². The Bertz CT molecular complexity index is 468. The monoisotopic (exact) mass is 291 g/mol. The molecule has 5 nitrogen and oxygen atoms in total. The lowest BCUT2D eigenvalue weighted by atomic mass is 9.97. The van der Waals surface area contributed by atoms with Gasteiger partial charge in [0.05, 0.1) is 6.61 Å². The number of piperidine rings is 1. The molecule has 116 valence electrons. The molecule has 2 saturated carbocycles. The van der Waals surface area contributed by atoms with Gasteiger partial charge in [0.25, 0.3) is 0 Å². The molecule has 3 aliphatic rings. The highest BCUT2D eigenvalue weighted by atomic mass is 16.5. The van der Waals surface area contributed by atoms with Gasteiger partial charge in [0.15, 0.2) is 5.82 Å². The second-order valence-corrected chi connectivity index (χ2v) is 6.92. The Kier molecular flexibility index (Phi) is 3.95. The minimum Gasteiger partial charge on any atom is -0.380 e. The van der Waals surface area contributed by atoms with Gasteiger partial charge in [0, 0.05) is 31.5 Å². The highest BCUT2D eigenvalue weighted by Crippen LogP contribution is 2.39. The van der Waals surface area contributed by atoms with E-state index in [0.717, 1.165) is 43.9 Å². The Morgan fingerprint density at radius 1 is 1.14 bits per heavy atom. The largest absolute Gasteiger partial charge is 0.380 e. The summed E-state index contributed by atoms with van der Waals surface area (Å²) < 4.78 is 11.2. The average molecular weight is 291 g/mol. The molecule has 2 heterocycles. The third-order valence-electron chi connectivity index (χ3n) is 4.86. The zero-order chi connectivity index (χ0) is 14.1. The van der Waals surface area contributed by atoms with Crippen molar-refractivity contribution in [3.63, 3.8) is 0 Å².